The van der Waals surface area contributed by atoms with Crippen molar-refractivity contribution >= 4 is 23.1 Å². The molecule has 0 unspecified atom stereocenters. The quantitative estimate of drug-likeness (QED) is 0.350. The van der Waals surface area contributed by atoms with Crippen molar-refractivity contribution in [3.63, 3.8) is 0 Å². The molecule has 4 aliphatic rings. The van der Waals surface area contributed by atoms with Gasteiger partial charge < -0.3 is 20.4 Å². The fourth-order valence-electron chi connectivity index (χ4n) is 7.65. The number of phenolic OH excluding ortho intramolecular Hbond substituents is 1. The highest BCUT2D eigenvalue weighted by Gasteiger charge is 2.60. The topological polar surface area (TPSA) is 132 Å². The van der Waals surface area contributed by atoms with Gasteiger partial charge in [0.15, 0.2) is 17.2 Å². The normalized spacial score (nSPS) is 27.5. The van der Waals surface area contributed by atoms with Gasteiger partial charge in [0.05, 0.1) is 5.56 Å². The zero-order valence-corrected chi connectivity index (χ0v) is 23.2. The fourth-order valence-corrected chi connectivity index (χ4v) is 7.65. The molecule has 1 aromatic rings. The lowest BCUT2D eigenvalue weighted by molar-refractivity contribution is -0.147. The van der Waals surface area contributed by atoms with Crippen molar-refractivity contribution in [3.8, 4) is 5.75 Å². The maximum atomic E-state index is 13.8. The largest absolute Gasteiger partial charge is 0.508 e. The third-order valence-corrected chi connectivity index (χ3v) is 9.69. The minimum atomic E-state index is -2.46. The number of Topliss-reactive ketones (excluding diaryl/α,β-unsaturated/α-hetero) is 3. The van der Waals surface area contributed by atoms with Crippen LogP contribution in [0, 0.1) is 17.8 Å². The summed E-state index contributed by atoms with van der Waals surface area (Å²) in [6.07, 6.45) is 9.38. The SMILES string of the molecule is CC(=O)C1=C(O)[C@@]2(O)C(=O)C3=C(O)c4c(O)c(CCCC5CCCCC5)cc(C(C)C)c4C[C@H]3C[C@H]2CC1=O. The summed E-state index contributed by atoms with van der Waals surface area (Å²) < 4.78 is 0. The molecule has 1 aromatic carbocycles. The average molecular weight is 537 g/mol. The van der Waals surface area contributed by atoms with Gasteiger partial charge >= 0.3 is 0 Å². The van der Waals surface area contributed by atoms with Crippen molar-refractivity contribution < 1.29 is 34.8 Å². The molecule has 0 heterocycles. The molecule has 0 aromatic heterocycles. The average Bonchev–Trinajstić information content (AvgIpc) is 2.87. The Bertz CT molecular complexity index is 1290. The Hall–Kier alpha value is -2.93. The number of carbonyl (C=O) groups is 3. The predicted octanol–water partition coefficient (Wildman–Crippen LogP) is 5.55. The molecule has 4 N–H and O–H groups in total. The van der Waals surface area contributed by atoms with E-state index < -0.39 is 46.1 Å². The van der Waals surface area contributed by atoms with E-state index in [9.17, 15) is 34.8 Å². The molecule has 0 aliphatic heterocycles. The summed E-state index contributed by atoms with van der Waals surface area (Å²) in [6, 6.07) is 2.04. The number of aliphatic hydroxyl groups excluding tert-OH is 2. The van der Waals surface area contributed by atoms with Gasteiger partial charge in [-0.25, -0.2) is 0 Å². The van der Waals surface area contributed by atoms with Crippen LogP contribution < -0.4 is 0 Å². The van der Waals surface area contributed by atoms with Gasteiger partial charge in [-0.05, 0) is 67.1 Å². The molecule has 0 spiro atoms. The van der Waals surface area contributed by atoms with E-state index in [0.717, 1.165) is 42.4 Å². The van der Waals surface area contributed by atoms with Crippen LogP contribution >= 0.6 is 0 Å². The highest BCUT2D eigenvalue weighted by Crippen LogP contribution is 2.53. The second kappa shape index (κ2) is 10.2. The van der Waals surface area contributed by atoms with Crippen LogP contribution in [-0.4, -0.2) is 43.4 Å². The Kier molecular flexibility index (Phi) is 7.25. The molecule has 4 aliphatic carbocycles. The number of rotatable bonds is 6. The lowest BCUT2D eigenvalue weighted by Crippen LogP contribution is -2.57. The maximum absolute atomic E-state index is 13.8. The van der Waals surface area contributed by atoms with Gasteiger partial charge in [0.25, 0.3) is 0 Å². The summed E-state index contributed by atoms with van der Waals surface area (Å²) in [5.74, 6) is -4.09. The minimum Gasteiger partial charge on any atom is -0.508 e. The summed E-state index contributed by atoms with van der Waals surface area (Å²) in [5.41, 5.74) is -0.289. The van der Waals surface area contributed by atoms with Crippen molar-refractivity contribution in [2.45, 2.75) is 103 Å². The number of aryl methyl sites for hydroxylation is 1. The number of allylic oxidation sites excluding steroid dienone is 1. The predicted molar refractivity (Wildman–Crippen MR) is 146 cm³/mol. The second-order valence-electron chi connectivity index (χ2n) is 12.5. The number of hydrogen-bond donors (Lipinski definition) is 4. The molecule has 0 radical (unpaired) electrons. The number of phenols is 1. The monoisotopic (exact) mass is 536 g/mol. The van der Waals surface area contributed by atoms with Gasteiger partial charge in [0.1, 0.15) is 22.8 Å². The zero-order valence-electron chi connectivity index (χ0n) is 23.2. The van der Waals surface area contributed by atoms with E-state index in [1.165, 1.54) is 32.1 Å². The first-order valence-corrected chi connectivity index (χ1v) is 14.5. The molecular formula is C32H40O7. The van der Waals surface area contributed by atoms with E-state index in [1.54, 1.807) is 0 Å². The molecule has 5 rings (SSSR count). The van der Waals surface area contributed by atoms with Crippen LogP contribution in [0.3, 0.4) is 0 Å². The van der Waals surface area contributed by atoms with Crippen LogP contribution in [0.4, 0.5) is 0 Å². The molecule has 39 heavy (non-hydrogen) atoms. The van der Waals surface area contributed by atoms with Crippen LogP contribution in [0.2, 0.25) is 0 Å². The van der Waals surface area contributed by atoms with Crippen LogP contribution in [0.15, 0.2) is 23.0 Å². The van der Waals surface area contributed by atoms with Gasteiger partial charge in [0, 0.05) is 17.9 Å². The summed E-state index contributed by atoms with van der Waals surface area (Å²) in [7, 11) is 0. The minimum absolute atomic E-state index is 0.0357. The zero-order chi connectivity index (χ0) is 28.2. The Morgan fingerprint density at radius 1 is 1.08 bits per heavy atom. The molecule has 7 heteroatoms. The van der Waals surface area contributed by atoms with E-state index in [0.29, 0.717) is 12.8 Å². The highest BCUT2D eigenvalue weighted by molar-refractivity contribution is 6.23. The Morgan fingerprint density at radius 3 is 2.41 bits per heavy atom. The fraction of sp³-hybridized carbons (Fsp3) is 0.594. The summed E-state index contributed by atoms with van der Waals surface area (Å²) in [6.45, 7) is 5.23. The Morgan fingerprint density at radius 2 is 1.77 bits per heavy atom. The van der Waals surface area contributed by atoms with E-state index in [-0.39, 0.29) is 41.4 Å². The maximum Gasteiger partial charge on any atom is 0.202 e. The van der Waals surface area contributed by atoms with Crippen LogP contribution in [0.1, 0.15) is 107 Å². The number of ketones is 3. The number of aliphatic hydroxyl groups is 3. The van der Waals surface area contributed by atoms with Crippen LogP contribution in [0.25, 0.3) is 5.76 Å². The molecule has 2 fully saturated rings. The van der Waals surface area contributed by atoms with Gasteiger partial charge in [-0.15, -0.1) is 0 Å². The van der Waals surface area contributed by atoms with E-state index in [2.05, 4.69) is 13.8 Å². The summed E-state index contributed by atoms with van der Waals surface area (Å²) in [5, 5.41) is 45.3. The molecular weight excluding hydrogens is 496 g/mol. The standard InChI is InChI=1S/C32H40O7/c1-16(2)22-13-19(11-7-10-18-8-5-4-6-9-18)28(35)27-23(22)14-20-12-21-15-24(34)25(17(3)33)30(37)32(21,39)31(38)26(20)29(27)36/h13,16,18,20-21,35-37,39H,4-12,14-15H2,1-3H3/t20-,21+,32-/m1/s1. The number of aromatic hydroxyl groups is 1. The molecule has 0 bridgehead atoms. The van der Waals surface area contributed by atoms with Crippen molar-refractivity contribution in [3.05, 3.63) is 45.2 Å². The van der Waals surface area contributed by atoms with Crippen molar-refractivity contribution in [1.29, 1.82) is 0 Å². The molecule has 0 amide bonds. The van der Waals surface area contributed by atoms with Gasteiger partial charge in [-0.3, -0.25) is 14.4 Å². The number of benzene rings is 1. The first-order valence-electron chi connectivity index (χ1n) is 14.5. The smallest absolute Gasteiger partial charge is 0.202 e. The molecule has 3 atom stereocenters. The summed E-state index contributed by atoms with van der Waals surface area (Å²) in [4.78, 5) is 38.5. The van der Waals surface area contributed by atoms with Crippen LogP contribution in [-0.2, 0) is 27.2 Å². The Balaban J connectivity index is 1.56. The van der Waals surface area contributed by atoms with Crippen LogP contribution in [0.5, 0.6) is 5.75 Å². The highest BCUT2D eigenvalue weighted by atomic mass is 16.3. The number of carbonyl (C=O) groups excluding carboxylic acids is 3. The van der Waals surface area contributed by atoms with Crippen molar-refractivity contribution in [2.75, 3.05) is 0 Å². The third kappa shape index (κ3) is 4.43. The lowest BCUT2D eigenvalue weighted by Gasteiger charge is -2.46. The van der Waals surface area contributed by atoms with Gasteiger partial charge in [-0.2, -0.15) is 0 Å². The molecule has 7 nitrogen and oxygen atoms in total. The van der Waals surface area contributed by atoms with Gasteiger partial charge in [0.2, 0.25) is 5.78 Å². The molecule has 0 saturated heterocycles. The van der Waals surface area contributed by atoms with E-state index in [4.69, 9.17) is 0 Å². The van der Waals surface area contributed by atoms with E-state index in [1.807, 2.05) is 6.07 Å². The number of fused-ring (bicyclic) bond motifs is 3. The second-order valence-corrected chi connectivity index (χ2v) is 12.5. The van der Waals surface area contributed by atoms with Gasteiger partial charge in [-0.1, -0.05) is 58.4 Å². The summed E-state index contributed by atoms with van der Waals surface area (Å²) >= 11 is 0. The van der Waals surface area contributed by atoms with E-state index >= 15 is 0 Å². The lowest BCUT2D eigenvalue weighted by atomic mass is 9.58. The molecule has 2 saturated carbocycles. The Labute approximate surface area is 229 Å². The van der Waals surface area contributed by atoms with Crippen molar-refractivity contribution in [1.82, 2.24) is 0 Å². The third-order valence-electron chi connectivity index (χ3n) is 9.69. The first-order chi connectivity index (χ1) is 18.5. The van der Waals surface area contributed by atoms with Crippen molar-refractivity contribution in [2.24, 2.45) is 17.8 Å². The first kappa shape index (κ1) is 27.6. The molecule has 210 valence electrons. The number of hydrogen-bond acceptors (Lipinski definition) is 7.